The first kappa shape index (κ1) is 18.5. The van der Waals surface area contributed by atoms with Gasteiger partial charge in [-0.1, -0.05) is 52.0 Å². The van der Waals surface area contributed by atoms with E-state index in [-0.39, 0.29) is 6.61 Å². The van der Waals surface area contributed by atoms with Gasteiger partial charge in [-0.2, -0.15) is 11.8 Å². The number of aliphatic hydroxyl groups is 1. The molecule has 0 heterocycles. The first-order valence-corrected chi connectivity index (χ1v) is 9.15. The lowest BCUT2D eigenvalue weighted by Crippen LogP contribution is -2.30. The molecule has 3 atom stereocenters. The molecule has 2 N–H and O–H groups in total. The highest BCUT2D eigenvalue weighted by Crippen LogP contribution is 2.30. The molecule has 21 heavy (non-hydrogen) atoms. The maximum atomic E-state index is 9.08. The minimum Gasteiger partial charge on any atom is -0.396 e. The summed E-state index contributed by atoms with van der Waals surface area (Å²) >= 11 is 1.96. The molecule has 0 amide bonds. The van der Waals surface area contributed by atoms with Crippen LogP contribution >= 0.6 is 11.8 Å². The van der Waals surface area contributed by atoms with E-state index in [9.17, 15) is 0 Å². The number of hydrogen-bond donors (Lipinski definition) is 2. The second kappa shape index (κ2) is 10.3. The van der Waals surface area contributed by atoms with Crippen molar-refractivity contribution >= 4 is 11.8 Å². The van der Waals surface area contributed by atoms with E-state index in [0.29, 0.717) is 16.5 Å². The molecular weight excluding hydrogens is 278 g/mol. The summed E-state index contributed by atoms with van der Waals surface area (Å²) in [5, 5.41) is 13.7. The second-order valence-corrected chi connectivity index (χ2v) is 7.51. The Bertz CT molecular complexity index is 379. The normalized spacial score (nSPS) is 15.7. The van der Waals surface area contributed by atoms with Crippen molar-refractivity contribution in [1.82, 2.24) is 5.32 Å². The standard InChI is InChI=1S/C18H31NOS/c1-5-12-19-18(15(4)21-14(3)11-13-20)17-9-7-16(6-2)8-10-17/h7-10,14-15,18-20H,5-6,11-13H2,1-4H3. The molecule has 0 saturated carbocycles. The minimum absolute atomic E-state index is 0.277. The monoisotopic (exact) mass is 309 g/mol. The molecular formula is C18H31NOS. The quantitative estimate of drug-likeness (QED) is 0.680. The molecule has 0 bridgehead atoms. The molecule has 1 aromatic rings. The van der Waals surface area contributed by atoms with Crippen LogP contribution in [0.2, 0.25) is 0 Å². The first-order chi connectivity index (χ1) is 10.1. The number of aryl methyl sites for hydroxylation is 1. The highest BCUT2D eigenvalue weighted by atomic mass is 32.2. The predicted molar refractivity (Wildman–Crippen MR) is 95.1 cm³/mol. The van der Waals surface area contributed by atoms with Gasteiger partial charge >= 0.3 is 0 Å². The fourth-order valence-electron chi connectivity index (χ4n) is 2.51. The molecule has 0 fully saturated rings. The van der Waals surface area contributed by atoms with Crippen LogP contribution in [0.25, 0.3) is 0 Å². The maximum Gasteiger partial charge on any atom is 0.0441 e. The fourth-order valence-corrected chi connectivity index (χ4v) is 3.90. The molecule has 0 radical (unpaired) electrons. The largest absolute Gasteiger partial charge is 0.396 e. The lowest BCUT2D eigenvalue weighted by molar-refractivity contribution is 0.288. The van der Waals surface area contributed by atoms with Crippen molar-refractivity contribution in [3.63, 3.8) is 0 Å². The Balaban J connectivity index is 2.77. The lowest BCUT2D eigenvalue weighted by Gasteiger charge is -2.27. The molecule has 0 aromatic heterocycles. The molecule has 3 heteroatoms. The van der Waals surface area contributed by atoms with Gasteiger partial charge in [0.15, 0.2) is 0 Å². The Morgan fingerprint density at radius 2 is 1.81 bits per heavy atom. The summed E-state index contributed by atoms with van der Waals surface area (Å²) in [5.41, 5.74) is 2.76. The van der Waals surface area contributed by atoms with Crippen LogP contribution in [0.3, 0.4) is 0 Å². The number of aliphatic hydroxyl groups excluding tert-OH is 1. The topological polar surface area (TPSA) is 32.3 Å². The summed E-state index contributed by atoms with van der Waals surface area (Å²) in [5.74, 6) is 0. The Morgan fingerprint density at radius 1 is 1.14 bits per heavy atom. The summed E-state index contributed by atoms with van der Waals surface area (Å²) in [6.07, 6.45) is 3.10. The summed E-state index contributed by atoms with van der Waals surface area (Å²) in [6.45, 7) is 10.2. The van der Waals surface area contributed by atoms with Crippen LogP contribution in [0.4, 0.5) is 0 Å². The van der Waals surface area contributed by atoms with Crippen LogP contribution in [0, 0.1) is 0 Å². The Morgan fingerprint density at radius 3 is 2.33 bits per heavy atom. The molecule has 3 unspecified atom stereocenters. The smallest absolute Gasteiger partial charge is 0.0441 e. The van der Waals surface area contributed by atoms with Crippen molar-refractivity contribution in [1.29, 1.82) is 0 Å². The van der Waals surface area contributed by atoms with Gasteiger partial charge in [0, 0.05) is 23.1 Å². The van der Waals surface area contributed by atoms with E-state index in [4.69, 9.17) is 5.11 Å². The summed E-state index contributed by atoms with van der Waals surface area (Å²) in [4.78, 5) is 0. The van der Waals surface area contributed by atoms with Gasteiger partial charge in [0.25, 0.3) is 0 Å². The van der Waals surface area contributed by atoms with E-state index in [2.05, 4.69) is 57.3 Å². The van der Waals surface area contributed by atoms with Crippen molar-refractivity contribution in [2.45, 2.75) is 63.5 Å². The van der Waals surface area contributed by atoms with Gasteiger partial charge in [0.05, 0.1) is 0 Å². The van der Waals surface area contributed by atoms with Crippen molar-refractivity contribution < 1.29 is 5.11 Å². The number of benzene rings is 1. The van der Waals surface area contributed by atoms with Gasteiger partial charge in [-0.25, -0.2) is 0 Å². The summed E-state index contributed by atoms with van der Waals surface area (Å²) < 4.78 is 0. The van der Waals surface area contributed by atoms with Crippen LogP contribution in [0.15, 0.2) is 24.3 Å². The van der Waals surface area contributed by atoms with E-state index in [1.807, 2.05) is 11.8 Å². The van der Waals surface area contributed by atoms with Crippen LogP contribution in [0.5, 0.6) is 0 Å². The molecule has 0 aliphatic rings. The van der Waals surface area contributed by atoms with Crippen molar-refractivity contribution in [3.05, 3.63) is 35.4 Å². The minimum atomic E-state index is 0.277. The molecule has 0 aliphatic carbocycles. The molecule has 1 rings (SSSR count). The van der Waals surface area contributed by atoms with Crippen LogP contribution in [-0.4, -0.2) is 28.8 Å². The van der Waals surface area contributed by atoms with Gasteiger partial charge in [-0.15, -0.1) is 0 Å². The number of thioether (sulfide) groups is 1. The van der Waals surface area contributed by atoms with E-state index in [0.717, 1.165) is 25.8 Å². The van der Waals surface area contributed by atoms with E-state index < -0.39 is 0 Å². The molecule has 120 valence electrons. The molecule has 2 nitrogen and oxygen atoms in total. The van der Waals surface area contributed by atoms with Gasteiger partial charge in [-0.3, -0.25) is 0 Å². The average Bonchev–Trinajstić information content (AvgIpc) is 2.48. The highest BCUT2D eigenvalue weighted by molar-refractivity contribution is 8.00. The number of nitrogens with one attached hydrogen (secondary N) is 1. The number of hydrogen-bond acceptors (Lipinski definition) is 3. The predicted octanol–water partition coefficient (Wildman–Crippen LogP) is 4.18. The van der Waals surface area contributed by atoms with Crippen LogP contribution in [-0.2, 0) is 6.42 Å². The Kier molecular flexibility index (Phi) is 9.05. The van der Waals surface area contributed by atoms with Crippen LogP contribution < -0.4 is 5.32 Å². The van der Waals surface area contributed by atoms with Crippen LogP contribution in [0.1, 0.15) is 57.7 Å². The summed E-state index contributed by atoms with van der Waals surface area (Å²) in [7, 11) is 0. The highest BCUT2D eigenvalue weighted by Gasteiger charge is 2.21. The lowest BCUT2D eigenvalue weighted by atomic mass is 10.0. The zero-order valence-electron chi connectivity index (χ0n) is 13.9. The third-order valence-corrected chi connectivity index (χ3v) is 5.22. The van der Waals surface area contributed by atoms with Crippen molar-refractivity contribution in [2.75, 3.05) is 13.2 Å². The Hall–Kier alpha value is -0.510. The van der Waals surface area contributed by atoms with E-state index >= 15 is 0 Å². The van der Waals surface area contributed by atoms with Gasteiger partial charge in [0.2, 0.25) is 0 Å². The fraction of sp³-hybridized carbons (Fsp3) is 0.667. The van der Waals surface area contributed by atoms with Gasteiger partial charge in [-0.05, 0) is 36.9 Å². The molecule has 1 aromatic carbocycles. The third kappa shape index (κ3) is 6.41. The molecule has 0 saturated heterocycles. The SMILES string of the molecule is CCCNC(c1ccc(CC)cc1)C(C)SC(C)CCO. The van der Waals surface area contributed by atoms with E-state index in [1.165, 1.54) is 11.1 Å². The average molecular weight is 310 g/mol. The molecule has 0 aliphatic heterocycles. The zero-order valence-corrected chi connectivity index (χ0v) is 14.7. The van der Waals surface area contributed by atoms with Gasteiger partial charge < -0.3 is 10.4 Å². The third-order valence-electron chi connectivity index (χ3n) is 3.81. The summed E-state index contributed by atoms with van der Waals surface area (Å²) in [6, 6.07) is 9.39. The maximum absolute atomic E-state index is 9.08. The first-order valence-electron chi connectivity index (χ1n) is 8.20. The number of rotatable bonds is 10. The van der Waals surface area contributed by atoms with Crippen molar-refractivity contribution in [2.24, 2.45) is 0 Å². The second-order valence-electron chi connectivity index (χ2n) is 5.69. The Labute approximate surface area is 134 Å². The van der Waals surface area contributed by atoms with E-state index in [1.54, 1.807) is 0 Å². The van der Waals surface area contributed by atoms with Crippen molar-refractivity contribution in [3.8, 4) is 0 Å². The molecule has 0 spiro atoms. The van der Waals surface area contributed by atoms with Gasteiger partial charge in [0.1, 0.15) is 0 Å². The zero-order chi connectivity index (χ0) is 15.7.